The molecule has 1 aliphatic rings. The molecule has 1 heterocycles. The molecule has 0 amide bonds. The zero-order valence-electron chi connectivity index (χ0n) is 13.5. The van der Waals surface area contributed by atoms with Gasteiger partial charge in [0, 0.05) is 17.5 Å². The van der Waals surface area contributed by atoms with Gasteiger partial charge in [-0.25, -0.2) is 4.68 Å². The lowest BCUT2D eigenvalue weighted by Gasteiger charge is -2.13. The van der Waals surface area contributed by atoms with Crippen LogP contribution in [0.15, 0.2) is 47.3 Å². The number of fused-ring (bicyclic) bond motifs is 1. The van der Waals surface area contributed by atoms with E-state index in [2.05, 4.69) is 32.0 Å². The van der Waals surface area contributed by atoms with Gasteiger partial charge in [0.25, 0.3) is 5.56 Å². The standard InChI is InChI=1S/C20H20N2O/c1-13-7-8-14(2)18(11-13)19-16-5-3-4-6-17(16)20(23)22(21-19)12-15-9-10-15/h3-8,11,15H,9-10,12H2,1-2H3. The van der Waals surface area contributed by atoms with E-state index >= 15 is 0 Å². The Labute approximate surface area is 135 Å². The lowest BCUT2D eigenvalue weighted by atomic mass is 9.99. The van der Waals surface area contributed by atoms with Gasteiger partial charge in [-0.15, -0.1) is 0 Å². The van der Waals surface area contributed by atoms with Gasteiger partial charge in [0.15, 0.2) is 0 Å². The van der Waals surface area contributed by atoms with E-state index in [1.165, 1.54) is 24.0 Å². The number of hydrogen-bond acceptors (Lipinski definition) is 2. The highest BCUT2D eigenvalue weighted by Gasteiger charge is 2.24. The van der Waals surface area contributed by atoms with Crippen LogP contribution in [0.5, 0.6) is 0 Å². The fourth-order valence-electron chi connectivity index (χ4n) is 3.09. The molecule has 1 aliphatic carbocycles. The molecule has 3 aromatic rings. The Hall–Kier alpha value is -2.42. The first-order valence-electron chi connectivity index (χ1n) is 8.21. The van der Waals surface area contributed by atoms with Crippen molar-refractivity contribution in [2.45, 2.75) is 33.2 Å². The van der Waals surface area contributed by atoms with Crippen molar-refractivity contribution in [3.05, 3.63) is 63.9 Å². The maximum Gasteiger partial charge on any atom is 0.274 e. The summed E-state index contributed by atoms with van der Waals surface area (Å²) in [5.41, 5.74) is 4.45. The molecule has 0 aliphatic heterocycles. The second-order valence-electron chi connectivity index (χ2n) is 6.64. The average molecular weight is 304 g/mol. The maximum atomic E-state index is 12.7. The summed E-state index contributed by atoms with van der Waals surface area (Å²) in [5.74, 6) is 0.618. The monoisotopic (exact) mass is 304 g/mol. The van der Waals surface area contributed by atoms with Gasteiger partial charge in [-0.2, -0.15) is 5.10 Å². The van der Waals surface area contributed by atoms with Crippen LogP contribution in [0.25, 0.3) is 22.0 Å². The molecule has 1 fully saturated rings. The van der Waals surface area contributed by atoms with Crippen LogP contribution in [0, 0.1) is 19.8 Å². The number of aryl methyl sites for hydroxylation is 2. The third kappa shape index (κ3) is 2.56. The molecule has 116 valence electrons. The Kier molecular flexibility index (Phi) is 3.29. The first kappa shape index (κ1) is 14.2. The van der Waals surface area contributed by atoms with E-state index in [-0.39, 0.29) is 5.56 Å². The highest BCUT2D eigenvalue weighted by atomic mass is 16.1. The molecule has 0 radical (unpaired) electrons. The van der Waals surface area contributed by atoms with Crippen LogP contribution in [0.4, 0.5) is 0 Å². The molecule has 4 rings (SSSR count). The molecule has 0 bridgehead atoms. The van der Waals surface area contributed by atoms with Crippen molar-refractivity contribution in [3.63, 3.8) is 0 Å². The van der Waals surface area contributed by atoms with Gasteiger partial charge in [-0.1, -0.05) is 35.9 Å². The van der Waals surface area contributed by atoms with Crippen LogP contribution in [-0.2, 0) is 6.54 Å². The molecule has 1 aromatic heterocycles. The summed E-state index contributed by atoms with van der Waals surface area (Å²) in [5, 5.41) is 6.46. The van der Waals surface area contributed by atoms with E-state index in [9.17, 15) is 4.79 Å². The van der Waals surface area contributed by atoms with Crippen LogP contribution in [0.2, 0.25) is 0 Å². The molecule has 0 atom stereocenters. The normalized spacial score (nSPS) is 14.3. The summed E-state index contributed by atoms with van der Waals surface area (Å²) in [6.07, 6.45) is 2.42. The lowest BCUT2D eigenvalue weighted by molar-refractivity contribution is 0.540. The number of hydrogen-bond donors (Lipinski definition) is 0. The fourth-order valence-corrected chi connectivity index (χ4v) is 3.09. The van der Waals surface area contributed by atoms with E-state index in [1.807, 2.05) is 24.3 Å². The quantitative estimate of drug-likeness (QED) is 0.730. The molecule has 0 unspecified atom stereocenters. The molecule has 2 aromatic carbocycles. The second kappa shape index (κ2) is 5.34. The van der Waals surface area contributed by atoms with Gasteiger partial charge in [0.1, 0.15) is 0 Å². The van der Waals surface area contributed by atoms with Crippen molar-refractivity contribution in [2.75, 3.05) is 0 Å². The van der Waals surface area contributed by atoms with Crippen molar-refractivity contribution in [1.29, 1.82) is 0 Å². The molecule has 23 heavy (non-hydrogen) atoms. The van der Waals surface area contributed by atoms with Gasteiger partial charge < -0.3 is 0 Å². The summed E-state index contributed by atoms with van der Waals surface area (Å²) in [4.78, 5) is 12.7. The van der Waals surface area contributed by atoms with E-state index in [0.29, 0.717) is 5.92 Å². The van der Waals surface area contributed by atoms with Crippen molar-refractivity contribution in [3.8, 4) is 11.3 Å². The highest BCUT2D eigenvalue weighted by molar-refractivity contribution is 5.94. The maximum absolute atomic E-state index is 12.7. The van der Waals surface area contributed by atoms with Gasteiger partial charge in [-0.3, -0.25) is 4.79 Å². The summed E-state index contributed by atoms with van der Waals surface area (Å²) in [6, 6.07) is 14.2. The molecule has 1 saturated carbocycles. The van der Waals surface area contributed by atoms with E-state index in [4.69, 9.17) is 5.10 Å². The SMILES string of the molecule is Cc1ccc(C)c(-c2nn(CC3CC3)c(=O)c3ccccc23)c1. The minimum atomic E-state index is 0.0292. The zero-order chi connectivity index (χ0) is 16.0. The lowest BCUT2D eigenvalue weighted by Crippen LogP contribution is -2.24. The topological polar surface area (TPSA) is 34.9 Å². The Morgan fingerprint density at radius 1 is 1.09 bits per heavy atom. The largest absolute Gasteiger partial charge is 0.274 e. The van der Waals surface area contributed by atoms with Gasteiger partial charge in [0.2, 0.25) is 0 Å². The number of benzene rings is 2. The molecule has 0 N–H and O–H groups in total. The van der Waals surface area contributed by atoms with Crippen LogP contribution in [0.1, 0.15) is 24.0 Å². The van der Waals surface area contributed by atoms with Crippen LogP contribution < -0.4 is 5.56 Å². The molecule has 0 spiro atoms. The van der Waals surface area contributed by atoms with Gasteiger partial charge in [0.05, 0.1) is 11.1 Å². The average Bonchev–Trinajstić information content (AvgIpc) is 3.37. The highest BCUT2D eigenvalue weighted by Crippen LogP contribution is 2.32. The second-order valence-corrected chi connectivity index (χ2v) is 6.64. The fraction of sp³-hybridized carbons (Fsp3) is 0.300. The van der Waals surface area contributed by atoms with E-state index < -0.39 is 0 Å². The van der Waals surface area contributed by atoms with Crippen molar-refractivity contribution in [2.24, 2.45) is 5.92 Å². The first-order valence-corrected chi connectivity index (χ1v) is 8.21. The first-order chi connectivity index (χ1) is 11.1. The minimum Gasteiger partial charge on any atom is -0.267 e. The minimum absolute atomic E-state index is 0.0292. The third-order valence-electron chi connectivity index (χ3n) is 4.64. The summed E-state index contributed by atoms with van der Waals surface area (Å²) in [7, 11) is 0. The zero-order valence-corrected chi connectivity index (χ0v) is 13.5. The number of aromatic nitrogens is 2. The van der Waals surface area contributed by atoms with Gasteiger partial charge in [-0.05, 0) is 50.3 Å². The Bertz CT molecular complexity index is 952. The van der Waals surface area contributed by atoms with Gasteiger partial charge >= 0.3 is 0 Å². The Morgan fingerprint density at radius 2 is 1.83 bits per heavy atom. The van der Waals surface area contributed by atoms with E-state index in [1.54, 1.807) is 4.68 Å². The van der Waals surface area contributed by atoms with E-state index in [0.717, 1.165) is 28.6 Å². The third-order valence-corrected chi connectivity index (χ3v) is 4.64. The molecule has 3 nitrogen and oxygen atoms in total. The molecule has 3 heteroatoms. The number of nitrogens with zero attached hydrogens (tertiary/aromatic N) is 2. The van der Waals surface area contributed by atoms with Crippen molar-refractivity contribution in [1.82, 2.24) is 9.78 Å². The number of rotatable bonds is 3. The molecular formula is C20H20N2O. The molecule has 0 saturated heterocycles. The van der Waals surface area contributed by atoms with Crippen LogP contribution in [-0.4, -0.2) is 9.78 Å². The predicted molar refractivity (Wildman–Crippen MR) is 93.6 cm³/mol. The van der Waals surface area contributed by atoms with Crippen molar-refractivity contribution >= 4 is 10.8 Å². The van der Waals surface area contributed by atoms with Crippen molar-refractivity contribution < 1.29 is 0 Å². The predicted octanol–water partition coefficient (Wildman–Crippen LogP) is 4.09. The molecular weight excluding hydrogens is 284 g/mol. The summed E-state index contributed by atoms with van der Waals surface area (Å²) in [6.45, 7) is 4.93. The van der Waals surface area contributed by atoms with Crippen LogP contribution >= 0.6 is 0 Å². The smallest absolute Gasteiger partial charge is 0.267 e. The summed E-state index contributed by atoms with van der Waals surface area (Å²) < 4.78 is 1.68. The summed E-state index contributed by atoms with van der Waals surface area (Å²) >= 11 is 0. The Balaban J connectivity index is 2.02. The Morgan fingerprint density at radius 3 is 2.57 bits per heavy atom. The van der Waals surface area contributed by atoms with Crippen LogP contribution in [0.3, 0.4) is 0 Å².